The topological polar surface area (TPSA) is 17.3 Å². The highest BCUT2D eigenvalue weighted by atomic mass is 79.9. The number of rotatable bonds is 0. The summed E-state index contributed by atoms with van der Waals surface area (Å²) in [6.07, 6.45) is 1.86. The first-order valence-corrected chi connectivity index (χ1v) is 4.17. The van der Waals surface area contributed by atoms with Gasteiger partial charge in [-0.1, -0.05) is 6.07 Å². The molecule has 2 nitrogen and oxygen atoms in total. The van der Waals surface area contributed by atoms with E-state index in [-0.39, 0.29) is 17.0 Å². The molecule has 0 radical (unpaired) electrons. The molecule has 0 aliphatic rings. The molecule has 0 aliphatic heterocycles. The van der Waals surface area contributed by atoms with Crippen molar-refractivity contribution in [3.63, 3.8) is 0 Å². The number of aryl methyl sites for hydroxylation is 1. The summed E-state index contributed by atoms with van der Waals surface area (Å²) in [6.45, 7) is 2.03. The van der Waals surface area contributed by atoms with Gasteiger partial charge < -0.3 is 0 Å². The Hall–Kier alpha value is -0.350. The Bertz CT molecular complexity index is 395. The summed E-state index contributed by atoms with van der Waals surface area (Å²) in [5, 5.41) is 0. The zero-order valence-corrected chi connectivity index (χ0v) is 9.79. The molecule has 0 amide bonds. The first-order valence-electron chi connectivity index (χ1n) is 3.37. The molecule has 2 heterocycles. The smallest absolute Gasteiger partial charge is 0.137 e. The molecule has 0 N–H and O–H groups in total. The van der Waals surface area contributed by atoms with Crippen LogP contribution in [0.3, 0.4) is 0 Å². The van der Waals surface area contributed by atoms with E-state index in [0.29, 0.717) is 0 Å². The Morgan fingerprint density at radius 2 is 2.17 bits per heavy atom. The molecule has 0 atom stereocenters. The predicted octanol–water partition coefficient (Wildman–Crippen LogP) is 2.98. The fourth-order valence-corrected chi connectivity index (χ4v) is 1.75. The molecular weight excluding hydrogens is 284 g/mol. The first-order chi connectivity index (χ1) is 5.29. The van der Waals surface area contributed by atoms with E-state index >= 15 is 0 Å². The third-order valence-electron chi connectivity index (χ3n) is 1.66. The minimum absolute atomic E-state index is 0. The van der Waals surface area contributed by atoms with Gasteiger partial charge in [0.15, 0.2) is 0 Å². The van der Waals surface area contributed by atoms with Gasteiger partial charge in [0.2, 0.25) is 0 Å². The van der Waals surface area contributed by atoms with Gasteiger partial charge in [0, 0.05) is 11.9 Å². The van der Waals surface area contributed by atoms with E-state index in [9.17, 15) is 0 Å². The molecule has 4 heteroatoms. The van der Waals surface area contributed by atoms with E-state index in [0.717, 1.165) is 15.9 Å². The number of imidazole rings is 1. The Balaban J connectivity index is 0.000000720. The van der Waals surface area contributed by atoms with Crippen LogP contribution in [0.15, 0.2) is 29.0 Å². The quantitative estimate of drug-likeness (QED) is 0.682. The molecule has 12 heavy (non-hydrogen) atoms. The van der Waals surface area contributed by atoms with E-state index in [1.54, 1.807) is 0 Å². The van der Waals surface area contributed by atoms with Crippen LogP contribution in [-0.4, -0.2) is 9.38 Å². The molecule has 2 rings (SSSR count). The first kappa shape index (κ1) is 9.74. The fourth-order valence-electron chi connectivity index (χ4n) is 1.14. The second-order valence-corrected chi connectivity index (χ2v) is 3.25. The Labute approximate surface area is 89.5 Å². The number of hydrogen-bond acceptors (Lipinski definition) is 1. The lowest BCUT2D eigenvalue weighted by molar-refractivity contribution is 1.08. The monoisotopic (exact) mass is 290 g/mol. The zero-order valence-electron chi connectivity index (χ0n) is 6.49. The van der Waals surface area contributed by atoms with Crippen LogP contribution < -0.4 is 0 Å². The van der Waals surface area contributed by atoms with E-state index in [1.807, 2.05) is 31.3 Å². The summed E-state index contributed by atoms with van der Waals surface area (Å²) in [5.41, 5.74) is 2.13. The van der Waals surface area contributed by atoms with Gasteiger partial charge in [-0.05, 0) is 35.0 Å². The van der Waals surface area contributed by atoms with Crippen molar-refractivity contribution in [2.24, 2.45) is 0 Å². The van der Waals surface area contributed by atoms with Gasteiger partial charge in [-0.25, -0.2) is 4.98 Å². The van der Waals surface area contributed by atoms with Crippen LogP contribution in [0.4, 0.5) is 0 Å². The van der Waals surface area contributed by atoms with E-state index in [1.165, 1.54) is 0 Å². The highest BCUT2D eigenvalue weighted by Gasteiger charge is 1.99. The van der Waals surface area contributed by atoms with Gasteiger partial charge in [0.25, 0.3) is 0 Å². The Morgan fingerprint density at radius 3 is 2.83 bits per heavy atom. The third-order valence-corrected chi connectivity index (χ3v) is 2.28. The number of pyridine rings is 1. The highest BCUT2D eigenvalue weighted by molar-refractivity contribution is 9.10. The van der Waals surface area contributed by atoms with Crippen molar-refractivity contribution in [3.05, 3.63) is 34.7 Å². The summed E-state index contributed by atoms with van der Waals surface area (Å²) in [5.74, 6) is 0. The maximum atomic E-state index is 4.21. The van der Waals surface area contributed by atoms with Crippen LogP contribution in [0.2, 0.25) is 0 Å². The van der Waals surface area contributed by atoms with Crippen molar-refractivity contribution < 1.29 is 0 Å². The Morgan fingerprint density at radius 1 is 1.42 bits per heavy atom. The average molecular weight is 292 g/mol. The molecule has 0 saturated heterocycles. The number of nitrogens with zero attached hydrogens (tertiary/aromatic N) is 2. The predicted molar refractivity (Wildman–Crippen MR) is 58.0 cm³/mol. The van der Waals surface area contributed by atoms with Gasteiger partial charge in [0.05, 0.1) is 4.60 Å². The van der Waals surface area contributed by atoms with E-state index in [2.05, 4.69) is 25.3 Å². The van der Waals surface area contributed by atoms with Gasteiger partial charge in [0.1, 0.15) is 5.65 Å². The van der Waals surface area contributed by atoms with Gasteiger partial charge in [-0.15, -0.1) is 17.0 Å². The SMILES string of the molecule is Br.Cc1cnc2cccc(Br)n12. The second-order valence-electron chi connectivity index (χ2n) is 2.44. The lowest BCUT2D eigenvalue weighted by Gasteiger charge is -1.97. The third kappa shape index (κ3) is 1.41. The summed E-state index contributed by atoms with van der Waals surface area (Å²) in [6, 6.07) is 5.96. The molecule has 0 aromatic carbocycles. The Kier molecular flexibility index (Phi) is 2.90. The van der Waals surface area contributed by atoms with Crippen LogP contribution >= 0.6 is 32.9 Å². The summed E-state index contributed by atoms with van der Waals surface area (Å²) in [4.78, 5) is 4.21. The van der Waals surface area contributed by atoms with Gasteiger partial charge in [-0.2, -0.15) is 0 Å². The molecule has 2 aromatic rings. The second kappa shape index (κ2) is 3.58. The standard InChI is InChI=1S/C8H7BrN2.BrH/c1-6-5-10-8-4-2-3-7(9)11(6)8;/h2-5H,1H3;1H. The minimum atomic E-state index is 0. The average Bonchev–Trinajstić information content (AvgIpc) is 2.34. The van der Waals surface area contributed by atoms with Crippen molar-refractivity contribution in [2.45, 2.75) is 6.92 Å². The summed E-state index contributed by atoms with van der Waals surface area (Å²) < 4.78 is 3.10. The minimum Gasteiger partial charge on any atom is -0.291 e. The van der Waals surface area contributed by atoms with Gasteiger partial charge >= 0.3 is 0 Å². The zero-order chi connectivity index (χ0) is 7.84. The van der Waals surface area contributed by atoms with Crippen LogP contribution in [0, 0.1) is 6.92 Å². The maximum Gasteiger partial charge on any atom is 0.137 e. The molecular formula is C8H8Br2N2. The number of hydrogen-bond donors (Lipinski definition) is 0. The normalized spacial score (nSPS) is 9.83. The van der Waals surface area contributed by atoms with Crippen molar-refractivity contribution in [1.82, 2.24) is 9.38 Å². The van der Waals surface area contributed by atoms with E-state index < -0.39 is 0 Å². The molecule has 0 aliphatic carbocycles. The maximum absolute atomic E-state index is 4.21. The highest BCUT2D eigenvalue weighted by Crippen LogP contribution is 2.14. The van der Waals surface area contributed by atoms with Crippen molar-refractivity contribution in [1.29, 1.82) is 0 Å². The molecule has 0 spiro atoms. The fraction of sp³-hybridized carbons (Fsp3) is 0.125. The number of aromatic nitrogens is 2. The lowest BCUT2D eigenvalue weighted by atomic mass is 10.4. The van der Waals surface area contributed by atoms with Crippen LogP contribution in [0.1, 0.15) is 5.69 Å². The molecule has 0 fully saturated rings. The van der Waals surface area contributed by atoms with Crippen molar-refractivity contribution in [2.75, 3.05) is 0 Å². The van der Waals surface area contributed by atoms with Crippen molar-refractivity contribution in [3.8, 4) is 0 Å². The van der Waals surface area contributed by atoms with E-state index in [4.69, 9.17) is 0 Å². The molecule has 0 unspecified atom stereocenters. The van der Waals surface area contributed by atoms with Crippen LogP contribution in [-0.2, 0) is 0 Å². The molecule has 0 bridgehead atoms. The molecule has 0 saturated carbocycles. The summed E-state index contributed by atoms with van der Waals surface area (Å²) >= 11 is 3.45. The van der Waals surface area contributed by atoms with Gasteiger partial charge in [-0.3, -0.25) is 4.40 Å². The molecule has 2 aromatic heterocycles. The lowest BCUT2D eigenvalue weighted by Crippen LogP contribution is -1.87. The van der Waals surface area contributed by atoms with Crippen LogP contribution in [0.25, 0.3) is 5.65 Å². The largest absolute Gasteiger partial charge is 0.291 e. The molecule has 64 valence electrons. The number of halogens is 2. The van der Waals surface area contributed by atoms with Crippen LogP contribution in [0.5, 0.6) is 0 Å². The summed E-state index contributed by atoms with van der Waals surface area (Å²) in [7, 11) is 0. The van der Waals surface area contributed by atoms with Crippen molar-refractivity contribution >= 4 is 38.6 Å². The number of fused-ring (bicyclic) bond motifs is 1.